The number of anilines is 1. The molecular formula is C15H25NO3. The van der Waals surface area contributed by atoms with Gasteiger partial charge in [0.15, 0.2) is 0 Å². The lowest BCUT2D eigenvalue weighted by Gasteiger charge is -2.34. The minimum atomic E-state index is -0.365. The maximum Gasteiger partial charge on any atom is 0.0927 e. The van der Waals surface area contributed by atoms with Gasteiger partial charge in [0.05, 0.1) is 32.0 Å². The van der Waals surface area contributed by atoms with E-state index in [-0.39, 0.29) is 12.2 Å². The van der Waals surface area contributed by atoms with Gasteiger partial charge >= 0.3 is 0 Å². The molecule has 0 aliphatic rings. The summed E-state index contributed by atoms with van der Waals surface area (Å²) in [7, 11) is 0. The fraction of sp³-hybridized carbons (Fsp3) is 0.600. The van der Waals surface area contributed by atoms with Crippen LogP contribution in [0.25, 0.3) is 0 Å². The molecule has 1 atom stereocenters. The first-order valence-electron chi connectivity index (χ1n) is 6.69. The number of aliphatic hydroxyl groups excluding tert-OH is 1. The molecule has 0 aromatic heterocycles. The van der Waals surface area contributed by atoms with Crippen molar-refractivity contribution in [2.45, 2.75) is 26.4 Å². The third kappa shape index (κ3) is 4.49. The minimum Gasteiger partial charge on any atom is -0.399 e. The quantitative estimate of drug-likeness (QED) is 0.559. The molecule has 0 saturated heterocycles. The molecule has 0 aliphatic carbocycles. The third-order valence-electron chi connectivity index (χ3n) is 3.45. The van der Waals surface area contributed by atoms with E-state index in [0.717, 1.165) is 11.3 Å². The van der Waals surface area contributed by atoms with Gasteiger partial charge in [-0.3, -0.25) is 0 Å². The molecule has 0 heterocycles. The summed E-state index contributed by atoms with van der Waals surface area (Å²) in [5.74, 6) is 0.328. The van der Waals surface area contributed by atoms with Crippen LogP contribution in [0.4, 0.5) is 5.69 Å². The van der Waals surface area contributed by atoms with Crippen molar-refractivity contribution in [3.05, 3.63) is 29.8 Å². The molecule has 1 unspecified atom stereocenters. The van der Waals surface area contributed by atoms with E-state index >= 15 is 0 Å². The molecule has 0 radical (unpaired) electrons. The van der Waals surface area contributed by atoms with Crippen molar-refractivity contribution in [2.24, 2.45) is 5.92 Å². The molecule has 3 N–H and O–H groups in total. The first kappa shape index (κ1) is 16.0. The first-order chi connectivity index (χ1) is 9.00. The summed E-state index contributed by atoms with van der Waals surface area (Å²) >= 11 is 0. The average Bonchev–Trinajstić information content (AvgIpc) is 2.38. The summed E-state index contributed by atoms with van der Waals surface area (Å²) in [6.07, 6.45) is 0. The van der Waals surface area contributed by atoms with Crippen molar-refractivity contribution in [1.29, 1.82) is 0 Å². The van der Waals surface area contributed by atoms with Gasteiger partial charge in [0.1, 0.15) is 0 Å². The van der Waals surface area contributed by atoms with E-state index in [9.17, 15) is 0 Å². The Labute approximate surface area is 115 Å². The Morgan fingerprint density at radius 3 is 2.32 bits per heavy atom. The molecule has 19 heavy (non-hydrogen) atoms. The summed E-state index contributed by atoms with van der Waals surface area (Å²) in [4.78, 5) is 0. The van der Waals surface area contributed by atoms with Crippen molar-refractivity contribution in [3.8, 4) is 0 Å². The highest BCUT2D eigenvalue weighted by Crippen LogP contribution is 2.33. The molecular weight excluding hydrogens is 242 g/mol. The summed E-state index contributed by atoms with van der Waals surface area (Å²) in [6, 6.07) is 7.79. The molecule has 0 spiro atoms. The first-order valence-corrected chi connectivity index (χ1v) is 6.69. The molecule has 1 aromatic carbocycles. The van der Waals surface area contributed by atoms with Gasteiger partial charge in [-0.05, 0) is 30.5 Å². The second-order valence-electron chi connectivity index (χ2n) is 5.07. The summed E-state index contributed by atoms with van der Waals surface area (Å²) in [6.45, 7) is 7.71. The van der Waals surface area contributed by atoms with Gasteiger partial charge < -0.3 is 20.3 Å². The van der Waals surface area contributed by atoms with Crippen LogP contribution in [0.3, 0.4) is 0 Å². The Bertz CT molecular complexity index is 364. The predicted molar refractivity (Wildman–Crippen MR) is 76.9 cm³/mol. The number of nitrogen functional groups attached to an aromatic ring is 1. The zero-order chi connectivity index (χ0) is 14.3. The Balaban J connectivity index is 2.66. The van der Waals surface area contributed by atoms with Gasteiger partial charge in [0, 0.05) is 5.69 Å². The minimum absolute atomic E-state index is 0.0411. The number of hydrogen-bond acceptors (Lipinski definition) is 4. The van der Waals surface area contributed by atoms with Crippen LogP contribution >= 0.6 is 0 Å². The number of aliphatic hydroxyl groups is 1. The van der Waals surface area contributed by atoms with E-state index < -0.39 is 0 Å². The van der Waals surface area contributed by atoms with Crippen molar-refractivity contribution in [1.82, 2.24) is 0 Å². The molecule has 0 fully saturated rings. The van der Waals surface area contributed by atoms with Gasteiger partial charge in [-0.2, -0.15) is 0 Å². The monoisotopic (exact) mass is 267 g/mol. The maximum atomic E-state index is 8.64. The predicted octanol–water partition coefficient (Wildman–Crippen LogP) is 2.17. The van der Waals surface area contributed by atoms with Crippen molar-refractivity contribution in [3.63, 3.8) is 0 Å². The molecule has 0 aliphatic heterocycles. The maximum absolute atomic E-state index is 8.64. The topological polar surface area (TPSA) is 64.7 Å². The van der Waals surface area contributed by atoms with Gasteiger partial charge in [-0.1, -0.05) is 26.0 Å². The lowest BCUT2D eigenvalue weighted by molar-refractivity contribution is -0.0901. The standard InChI is InChI=1S/C15H25NO3/c1-12(2)15(3,19-11-10-18-9-8-17)13-4-6-14(16)7-5-13/h4-7,12,17H,8-11,16H2,1-3H3. The largest absolute Gasteiger partial charge is 0.399 e. The van der Waals surface area contributed by atoms with E-state index in [1.807, 2.05) is 24.3 Å². The number of nitrogens with two attached hydrogens (primary N) is 1. The van der Waals surface area contributed by atoms with Crippen LogP contribution < -0.4 is 5.73 Å². The fourth-order valence-corrected chi connectivity index (χ4v) is 1.88. The van der Waals surface area contributed by atoms with E-state index in [2.05, 4.69) is 20.8 Å². The van der Waals surface area contributed by atoms with Crippen molar-refractivity contribution in [2.75, 3.05) is 32.2 Å². The lowest BCUT2D eigenvalue weighted by Crippen LogP contribution is -2.33. The van der Waals surface area contributed by atoms with Crippen LogP contribution in [0.1, 0.15) is 26.3 Å². The average molecular weight is 267 g/mol. The Morgan fingerprint density at radius 1 is 1.16 bits per heavy atom. The second-order valence-corrected chi connectivity index (χ2v) is 5.07. The van der Waals surface area contributed by atoms with Crippen LogP contribution in [0.5, 0.6) is 0 Å². The molecule has 1 aromatic rings. The number of benzene rings is 1. The Kier molecular flexibility index (Phi) is 6.28. The fourth-order valence-electron chi connectivity index (χ4n) is 1.88. The van der Waals surface area contributed by atoms with Crippen LogP contribution in [0, 0.1) is 5.92 Å². The van der Waals surface area contributed by atoms with Crippen LogP contribution in [-0.2, 0) is 15.1 Å². The molecule has 0 bridgehead atoms. The van der Waals surface area contributed by atoms with Crippen LogP contribution in [0.2, 0.25) is 0 Å². The molecule has 0 saturated carbocycles. The molecule has 4 nitrogen and oxygen atoms in total. The lowest BCUT2D eigenvalue weighted by atomic mass is 9.85. The number of ether oxygens (including phenoxy) is 2. The van der Waals surface area contributed by atoms with Gasteiger partial charge in [0.2, 0.25) is 0 Å². The second kappa shape index (κ2) is 7.48. The Hall–Kier alpha value is -1.10. The van der Waals surface area contributed by atoms with Crippen LogP contribution in [0.15, 0.2) is 24.3 Å². The highest BCUT2D eigenvalue weighted by molar-refractivity contribution is 5.41. The van der Waals surface area contributed by atoms with Gasteiger partial charge in [0.25, 0.3) is 0 Å². The number of hydrogen-bond donors (Lipinski definition) is 2. The molecule has 1 rings (SSSR count). The SMILES string of the molecule is CC(C)C(C)(OCCOCCO)c1ccc(N)cc1. The summed E-state index contributed by atoms with van der Waals surface area (Å²) < 4.78 is 11.2. The van der Waals surface area contributed by atoms with E-state index in [0.29, 0.717) is 25.7 Å². The summed E-state index contributed by atoms with van der Waals surface area (Å²) in [5, 5.41) is 8.64. The molecule has 4 heteroatoms. The zero-order valence-corrected chi connectivity index (χ0v) is 12.1. The van der Waals surface area contributed by atoms with Crippen LogP contribution in [-0.4, -0.2) is 31.5 Å². The van der Waals surface area contributed by atoms with Crippen molar-refractivity contribution >= 4 is 5.69 Å². The van der Waals surface area contributed by atoms with Gasteiger partial charge in [-0.25, -0.2) is 0 Å². The smallest absolute Gasteiger partial charge is 0.0927 e. The highest BCUT2D eigenvalue weighted by Gasteiger charge is 2.31. The van der Waals surface area contributed by atoms with Gasteiger partial charge in [-0.15, -0.1) is 0 Å². The number of rotatable bonds is 8. The van der Waals surface area contributed by atoms with E-state index in [4.69, 9.17) is 20.3 Å². The van der Waals surface area contributed by atoms with E-state index in [1.54, 1.807) is 0 Å². The normalized spacial score (nSPS) is 14.6. The van der Waals surface area contributed by atoms with Crippen molar-refractivity contribution < 1.29 is 14.6 Å². The highest BCUT2D eigenvalue weighted by atomic mass is 16.5. The molecule has 108 valence electrons. The Morgan fingerprint density at radius 2 is 1.79 bits per heavy atom. The third-order valence-corrected chi connectivity index (χ3v) is 3.45. The summed E-state index contributed by atoms with van der Waals surface area (Å²) in [5.41, 5.74) is 7.21. The van der Waals surface area contributed by atoms with E-state index in [1.165, 1.54) is 0 Å². The zero-order valence-electron chi connectivity index (χ0n) is 12.1. The molecule has 0 amide bonds.